The number of carboxylic acid groups (broad SMARTS) is 1. The first-order valence-electron chi connectivity index (χ1n) is 13.2. The number of unbranched alkanes of at least 4 members (excludes halogenated alkanes) is 1. The molecule has 0 saturated carbocycles. The number of carbonyl (C=O) groups is 4. The average molecular weight is 586 g/mol. The van der Waals surface area contributed by atoms with Gasteiger partial charge < -0.3 is 55.7 Å². The van der Waals surface area contributed by atoms with E-state index in [1.165, 1.54) is 0 Å². The third-order valence-corrected chi connectivity index (χ3v) is 6.25. The quantitative estimate of drug-likeness (QED) is 0.102. The molecule has 6 atom stereocenters. The van der Waals surface area contributed by atoms with Crippen molar-refractivity contribution in [1.82, 2.24) is 16.0 Å². The van der Waals surface area contributed by atoms with Crippen LogP contribution in [0.3, 0.4) is 0 Å². The minimum atomic E-state index is -2.42. The SMILES string of the molecule is CC(=O)NC1C(O)CC(OCCCCC(=O)NCCNC(=O)OCc2ccccc2)(C(=O)O)OC1[C@H](O)[C@H](O)CO. The zero-order valence-corrected chi connectivity index (χ0v) is 22.7. The van der Waals surface area contributed by atoms with Crippen molar-refractivity contribution in [2.75, 3.05) is 26.3 Å². The van der Waals surface area contributed by atoms with Crippen LogP contribution in [0.25, 0.3) is 0 Å². The van der Waals surface area contributed by atoms with Gasteiger partial charge in [0, 0.05) is 32.9 Å². The van der Waals surface area contributed by atoms with Gasteiger partial charge in [0.25, 0.3) is 5.79 Å². The van der Waals surface area contributed by atoms with E-state index in [1.54, 1.807) is 0 Å². The fourth-order valence-electron chi connectivity index (χ4n) is 4.13. The van der Waals surface area contributed by atoms with Gasteiger partial charge >= 0.3 is 12.1 Å². The van der Waals surface area contributed by atoms with E-state index >= 15 is 0 Å². The number of carboxylic acids is 1. The molecule has 2 rings (SSSR count). The highest BCUT2D eigenvalue weighted by atomic mass is 16.7. The Kier molecular flexibility index (Phi) is 13.9. The summed E-state index contributed by atoms with van der Waals surface area (Å²) in [6, 6.07) is 7.86. The van der Waals surface area contributed by atoms with E-state index in [2.05, 4.69) is 16.0 Å². The number of benzene rings is 1. The number of aliphatic hydroxyl groups excluding tert-OH is 4. The van der Waals surface area contributed by atoms with E-state index < -0.39 is 67.2 Å². The van der Waals surface area contributed by atoms with Crippen LogP contribution in [0, 0.1) is 0 Å². The highest BCUT2D eigenvalue weighted by Crippen LogP contribution is 2.33. The first kappa shape index (κ1) is 33.9. The molecule has 1 heterocycles. The second kappa shape index (κ2) is 16.8. The minimum Gasteiger partial charge on any atom is -0.477 e. The Morgan fingerprint density at radius 3 is 2.41 bits per heavy atom. The molecule has 1 aliphatic heterocycles. The topological polar surface area (TPSA) is 233 Å². The zero-order valence-electron chi connectivity index (χ0n) is 22.7. The third-order valence-electron chi connectivity index (χ3n) is 6.25. The Morgan fingerprint density at radius 2 is 1.78 bits per heavy atom. The van der Waals surface area contributed by atoms with Crippen LogP contribution in [0.15, 0.2) is 30.3 Å². The van der Waals surface area contributed by atoms with Gasteiger partial charge in [0.2, 0.25) is 11.8 Å². The van der Waals surface area contributed by atoms with Gasteiger partial charge in [0.1, 0.15) is 24.9 Å². The number of ether oxygens (including phenoxy) is 3. The summed E-state index contributed by atoms with van der Waals surface area (Å²) in [5, 5.41) is 57.4. The van der Waals surface area contributed by atoms with E-state index in [9.17, 15) is 44.7 Å². The molecule has 8 N–H and O–H groups in total. The lowest BCUT2D eigenvalue weighted by Gasteiger charge is -2.46. The summed E-state index contributed by atoms with van der Waals surface area (Å²) in [5.41, 5.74) is 0.840. The largest absolute Gasteiger partial charge is 0.477 e. The highest BCUT2D eigenvalue weighted by molar-refractivity contribution is 5.77. The van der Waals surface area contributed by atoms with Crippen molar-refractivity contribution in [2.45, 2.75) is 75.5 Å². The van der Waals surface area contributed by atoms with Gasteiger partial charge in [0.15, 0.2) is 0 Å². The second-order valence-corrected chi connectivity index (χ2v) is 9.52. The molecule has 1 fully saturated rings. The fourth-order valence-corrected chi connectivity index (χ4v) is 4.13. The minimum absolute atomic E-state index is 0.0833. The summed E-state index contributed by atoms with van der Waals surface area (Å²) in [7, 11) is 0. The van der Waals surface area contributed by atoms with E-state index in [0.29, 0.717) is 6.42 Å². The predicted octanol–water partition coefficient (Wildman–Crippen LogP) is -1.63. The lowest BCUT2D eigenvalue weighted by molar-refractivity contribution is -0.311. The summed E-state index contributed by atoms with van der Waals surface area (Å²) in [5.74, 6) is -4.94. The summed E-state index contributed by atoms with van der Waals surface area (Å²) < 4.78 is 16.1. The predicted molar refractivity (Wildman–Crippen MR) is 140 cm³/mol. The van der Waals surface area contributed by atoms with Gasteiger partial charge in [-0.1, -0.05) is 30.3 Å². The Labute approximate surface area is 236 Å². The number of rotatable bonds is 16. The summed E-state index contributed by atoms with van der Waals surface area (Å²) in [6.45, 7) is 0.500. The number of hydrogen-bond acceptors (Lipinski definition) is 11. The van der Waals surface area contributed by atoms with Gasteiger partial charge in [-0.15, -0.1) is 0 Å². The van der Waals surface area contributed by atoms with E-state index in [4.69, 9.17) is 14.2 Å². The monoisotopic (exact) mass is 585 g/mol. The van der Waals surface area contributed by atoms with Crippen LogP contribution in [0.5, 0.6) is 0 Å². The molecule has 230 valence electrons. The first-order chi connectivity index (χ1) is 19.5. The smallest absolute Gasteiger partial charge is 0.407 e. The molecule has 0 spiro atoms. The molecule has 15 heteroatoms. The number of aliphatic hydroxyl groups is 4. The van der Waals surface area contributed by atoms with Crippen molar-refractivity contribution >= 4 is 23.9 Å². The van der Waals surface area contributed by atoms with Crippen LogP contribution < -0.4 is 16.0 Å². The van der Waals surface area contributed by atoms with Crippen molar-refractivity contribution < 1.29 is 58.9 Å². The second-order valence-electron chi connectivity index (χ2n) is 9.52. The Bertz CT molecular complexity index is 997. The number of aliphatic carboxylic acids is 1. The van der Waals surface area contributed by atoms with Gasteiger partial charge in [-0.2, -0.15) is 0 Å². The maximum atomic E-state index is 12.1. The van der Waals surface area contributed by atoms with Crippen molar-refractivity contribution in [3.8, 4) is 0 Å². The van der Waals surface area contributed by atoms with Crippen LogP contribution in [-0.2, 0) is 35.2 Å². The maximum Gasteiger partial charge on any atom is 0.407 e. The molecule has 4 unspecified atom stereocenters. The van der Waals surface area contributed by atoms with Gasteiger partial charge in [-0.05, 0) is 18.4 Å². The molecular weight excluding hydrogens is 546 g/mol. The molecule has 0 aliphatic carbocycles. The number of amides is 3. The molecule has 1 aliphatic rings. The van der Waals surface area contributed by atoms with E-state index in [-0.39, 0.29) is 45.1 Å². The number of nitrogens with one attached hydrogen (secondary N) is 3. The van der Waals surface area contributed by atoms with E-state index in [0.717, 1.165) is 12.5 Å². The molecular formula is C26H39N3O12. The molecule has 0 bridgehead atoms. The van der Waals surface area contributed by atoms with Crippen LogP contribution in [-0.4, -0.2) is 112 Å². The van der Waals surface area contributed by atoms with Gasteiger partial charge in [-0.25, -0.2) is 9.59 Å². The Morgan fingerprint density at radius 1 is 1.10 bits per heavy atom. The summed E-state index contributed by atoms with van der Waals surface area (Å²) in [6.07, 6.45) is -7.38. The number of hydrogen-bond donors (Lipinski definition) is 8. The fraction of sp³-hybridized carbons (Fsp3) is 0.615. The number of carbonyl (C=O) groups excluding carboxylic acids is 3. The van der Waals surface area contributed by atoms with Crippen LogP contribution in [0.4, 0.5) is 4.79 Å². The molecule has 0 aromatic heterocycles. The van der Waals surface area contributed by atoms with Crippen molar-refractivity contribution in [1.29, 1.82) is 0 Å². The van der Waals surface area contributed by atoms with Gasteiger partial charge in [0.05, 0.1) is 25.4 Å². The number of alkyl carbamates (subject to hydrolysis) is 1. The molecule has 1 aromatic carbocycles. The third kappa shape index (κ3) is 10.9. The van der Waals surface area contributed by atoms with Crippen molar-refractivity contribution in [3.63, 3.8) is 0 Å². The molecule has 41 heavy (non-hydrogen) atoms. The van der Waals surface area contributed by atoms with Crippen LogP contribution >= 0.6 is 0 Å². The average Bonchev–Trinajstić information content (AvgIpc) is 2.94. The van der Waals surface area contributed by atoms with Gasteiger partial charge in [-0.3, -0.25) is 9.59 Å². The molecule has 0 radical (unpaired) electrons. The zero-order chi connectivity index (χ0) is 30.4. The molecule has 1 aromatic rings. The summed E-state index contributed by atoms with van der Waals surface area (Å²) >= 11 is 0. The van der Waals surface area contributed by atoms with Crippen molar-refractivity contribution in [3.05, 3.63) is 35.9 Å². The molecule has 1 saturated heterocycles. The maximum absolute atomic E-state index is 12.1. The Balaban J connectivity index is 1.75. The highest BCUT2D eigenvalue weighted by Gasteiger charge is 2.55. The van der Waals surface area contributed by atoms with Crippen molar-refractivity contribution in [2.24, 2.45) is 0 Å². The lowest BCUT2D eigenvalue weighted by atomic mass is 9.88. The van der Waals surface area contributed by atoms with E-state index in [1.807, 2.05) is 30.3 Å². The standard InChI is InChI=1S/C26H39N3O12/c1-16(31)29-21-18(32)13-26(24(36)37,41-23(21)22(35)19(33)14-30)40-12-6-5-9-20(34)27-10-11-28-25(38)39-15-17-7-3-2-4-8-17/h2-4,7-8,18-19,21-23,30,32-33,35H,5-6,9-15H2,1H3,(H,27,34)(H,28,38)(H,29,31)(H,36,37)/t18?,19-,21?,22-,23?,26?/m1/s1. The van der Waals surface area contributed by atoms with Crippen LogP contribution in [0.2, 0.25) is 0 Å². The molecule has 3 amide bonds. The first-order valence-corrected chi connectivity index (χ1v) is 13.2. The Hall–Kier alpha value is -3.34. The molecule has 15 nitrogen and oxygen atoms in total. The van der Waals surface area contributed by atoms with Crippen LogP contribution in [0.1, 0.15) is 38.2 Å². The lowest BCUT2D eigenvalue weighted by Crippen LogP contribution is -2.67. The normalized spacial score (nSPS) is 23.6. The summed E-state index contributed by atoms with van der Waals surface area (Å²) in [4.78, 5) is 47.4.